The van der Waals surface area contributed by atoms with Crippen molar-refractivity contribution in [1.82, 2.24) is 19.9 Å². The number of aromatic nitrogens is 3. The molecule has 4 heteroatoms. The highest BCUT2D eigenvalue weighted by atomic mass is 15.2. The topological polar surface area (TPSA) is 42.7 Å². The zero-order chi connectivity index (χ0) is 11.0. The third kappa shape index (κ3) is 1.59. The van der Waals surface area contributed by atoms with Crippen molar-refractivity contribution in [3.05, 3.63) is 24.2 Å². The number of rotatable bonds is 4. The number of hydrogen-bond donors (Lipinski definition) is 1. The van der Waals surface area contributed by atoms with Crippen molar-refractivity contribution >= 4 is 11.2 Å². The van der Waals surface area contributed by atoms with Crippen molar-refractivity contribution in [3.63, 3.8) is 0 Å². The molecule has 1 aliphatic carbocycles. The molecule has 0 bridgehead atoms. The minimum atomic E-state index is 0.633. The Bertz CT molecular complexity index is 499. The molecule has 1 aliphatic rings. The van der Waals surface area contributed by atoms with Gasteiger partial charge in [-0.1, -0.05) is 6.92 Å². The molecule has 0 aliphatic heterocycles. The van der Waals surface area contributed by atoms with Gasteiger partial charge < -0.3 is 9.88 Å². The molecule has 16 heavy (non-hydrogen) atoms. The van der Waals surface area contributed by atoms with Crippen molar-refractivity contribution in [3.8, 4) is 0 Å². The minimum absolute atomic E-state index is 0.633. The first-order valence-corrected chi connectivity index (χ1v) is 5.92. The van der Waals surface area contributed by atoms with Gasteiger partial charge in [0.2, 0.25) is 0 Å². The summed E-state index contributed by atoms with van der Waals surface area (Å²) in [5, 5.41) is 3.34. The van der Waals surface area contributed by atoms with E-state index in [4.69, 9.17) is 0 Å². The van der Waals surface area contributed by atoms with E-state index in [1.54, 1.807) is 0 Å². The average Bonchev–Trinajstić information content (AvgIpc) is 3.07. The van der Waals surface area contributed by atoms with E-state index in [9.17, 15) is 0 Å². The van der Waals surface area contributed by atoms with Crippen LogP contribution in [-0.4, -0.2) is 21.1 Å². The minimum Gasteiger partial charge on any atom is -0.310 e. The zero-order valence-electron chi connectivity index (χ0n) is 9.48. The number of fused-ring (bicyclic) bond motifs is 1. The van der Waals surface area contributed by atoms with Crippen LogP contribution < -0.4 is 5.32 Å². The number of imidazole rings is 1. The van der Waals surface area contributed by atoms with Gasteiger partial charge in [0, 0.05) is 12.2 Å². The molecule has 0 saturated heterocycles. The first kappa shape index (κ1) is 9.78. The molecule has 2 aromatic rings. The van der Waals surface area contributed by atoms with E-state index in [0.29, 0.717) is 6.04 Å². The Balaban J connectivity index is 2.07. The molecular weight excluding hydrogens is 200 g/mol. The van der Waals surface area contributed by atoms with Crippen LogP contribution in [0.3, 0.4) is 0 Å². The molecule has 1 saturated carbocycles. The largest absolute Gasteiger partial charge is 0.310 e. The van der Waals surface area contributed by atoms with Gasteiger partial charge >= 0.3 is 0 Å². The molecule has 84 valence electrons. The van der Waals surface area contributed by atoms with Gasteiger partial charge in [-0.25, -0.2) is 9.97 Å². The summed E-state index contributed by atoms with van der Waals surface area (Å²) >= 11 is 0. The Labute approximate surface area is 94.7 Å². The van der Waals surface area contributed by atoms with Gasteiger partial charge in [-0.15, -0.1) is 0 Å². The second-order valence-electron chi connectivity index (χ2n) is 4.26. The van der Waals surface area contributed by atoms with Crippen molar-refractivity contribution in [1.29, 1.82) is 0 Å². The molecule has 0 atom stereocenters. The van der Waals surface area contributed by atoms with Crippen LogP contribution in [0.5, 0.6) is 0 Å². The van der Waals surface area contributed by atoms with E-state index in [-0.39, 0.29) is 0 Å². The summed E-state index contributed by atoms with van der Waals surface area (Å²) in [7, 11) is 0. The summed E-state index contributed by atoms with van der Waals surface area (Å²) in [6.07, 6.45) is 4.38. The first-order valence-electron chi connectivity index (χ1n) is 5.92. The highest BCUT2D eigenvalue weighted by Gasteiger charge is 2.28. The molecule has 2 heterocycles. The van der Waals surface area contributed by atoms with Crippen LogP contribution in [0, 0.1) is 0 Å². The maximum Gasteiger partial charge on any atom is 0.160 e. The fourth-order valence-electron chi connectivity index (χ4n) is 2.05. The highest BCUT2D eigenvalue weighted by Crippen LogP contribution is 2.38. The lowest BCUT2D eigenvalue weighted by molar-refractivity contribution is 0.628. The third-order valence-electron chi connectivity index (χ3n) is 2.97. The zero-order valence-corrected chi connectivity index (χ0v) is 9.48. The highest BCUT2D eigenvalue weighted by molar-refractivity contribution is 5.71. The Morgan fingerprint density at radius 3 is 3.12 bits per heavy atom. The van der Waals surface area contributed by atoms with Crippen LogP contribution >= 0.6 is 0 Å². The van der Waals surface area contributed by atoms with Gasteiger partial charge in [-0.2, -0.15) is 0 Å². The molecule has 0 aromatic carbocycles. The predicted octanol–water partition coefficient (Wildman–Crippen LogP) is 1.88. The van der Waals surface area contributed by atoms with E-state index in [2.05, 4.69) is 26.8 Å². The van der Waals surface area contributed by atoms with Gasteiger partial charge in [0.25, 0.3) is 0 Å². The fraction of sp³-hybridized carbons (Fsp3) is 0.500. The van der Waals surface area contributed by atoms with E-state index in [1.165, 1.54) is 12.8 Å². The van der Waals surface area contributed by atoms with Gasteiger partial charge in [0.15, 0.2) is 5.65 Å². The lowest BCUT2D eigenvalue weighted by atomic mass is 10.4. The number of pyridine rings is 1. The summed E-state index contributed by atoms with van der Waals surface area (Å²) in [6.45, 7) is 3.92. The lowest BCUT2D eigenvalue weighted by Crippen LogP contribution is -2.16. The van der Waals surface area contributed by atoms with E-state index in [1.807, 2.05) is 18.3 Å². The molecule has 1 N–H and O–H groups in total. The molecule has 0 amide bonds. The molecular formula is C12H16N4. The summed E-state index contributed by atoms with van der Waals surface area (Å²) in [6, 6.07) is 4.62. The summed E-state index contributed by atoms with van der Waals surface area (Å²) in [5.41, 5.74) is 2.06. The smallest absolute Gasteiger partial charge is 0.160 e. The second-order valence-corrected chi connectivity index (χ2v) is 4.26. The van der Waals surface area contributed by atoms with E-state index < -0.39 is 0 Å². The molecule has 4 nitrogen and oxygen atoms in total. The fourth-order valence-corrected chi connectivity index (χ4v) is 2.05. The van der Waals surface area contributed by atoms with E-state index >= 15 is 0 Å². The monoisotopic (exact) mass is 216 g/mol. The van der Waals surface area contributed by atoms with Gasteiger partial charge in [-0.3, -0.25) is 0 Å². The Morgan fingerprint density at radius 2 is 2.38 bits per heavy atom. The van der Waals surface area contributed by atoms with Crippen molar-refractivity contribution in [2.45, 2.75) is 32.4 Å². The Kier molecular flexibility index (Phi) is 2.36. The van der Waals surface area contributed by atoms with Crippen LogP contribution in [0.25, 0.3) is 11.2 Å². The van der Waals surface area contributed by atoms with Gasteiger partial charge in [0.1, 0.15) is 11.3 Å². The predicted molar refractivity (Wildman–Crippen MR) is 63.2 cm³/mol. The van der Waals surface area contributed by atoms with Crippen LogP contribution in [0.4, 0.5) is 0 Å². The summed E-state index contributed by atoms with van der Waals surface area (Å²) in [5.74, 6) is 1.12. The van der Waals surface area contributed by atoms with Gasteiger partial charge in [-0.05, 0) is 31.5 Å². The first-order chi connectivity index (χ1) is 7.90. The third-order valence-corrected chi connectivity index (χ3v) is 2.97. The number of nitrogens with one attached hydrogen (secondary N) is 1. The molecule has 0 unspecified atom stereocenters. The summed E-state index contributed by atoms with van der Waals surface area (Å²) in [4.78, 5) is 9.09. The van der Waals surface area contributed by atoms with Crippen LogP contribution in [-0.2, 0) is 6.54 Å². The number of nitrogens with zero attached hydrogens (tertiary/aromatic N) is 3. The van der Waals surface area contributed by atoms with Crippen molar-refractivity contribution < 1.29 is 0 Å². The molecule has 3 rings (SSSR count). The number of hydrogen-bond acceptors (Lipinski definition) is 3. The average molecular weight is 216 g/mol. The van der Waals surface area contributed by atoms with Crippen LogP contribution in [0.1, 0.15) is 31.6 Å². The van der Waals surface area contributed by atoms with Crippen molar-refractivity contribution in [2.75, 3.05) is 6.54 Å². The SMILES string of the molecule is CCNCc1nc2cccnc2n1C1CC1. The van der Waals surface area contributed by atoms with Crippen LogP contribution in [0.2, 0.25) is 0 Å². The van der Waals surface area contributed by atoms with Crippen molar-refractivity contribution in [2.24, 2.45) is 0 Å². The van der Waals surface area contributed by atoms with Gasteiger partial charge in [0.05, 0.1) is 6.54 Å². The van der Waals surface area contributed by atoms with E-state index in [0.717, 1.165) is 30.1 Å². The molecule has 0 spiro atoms. The standard InChI is InChI=1S/C12H16N4/c1-2-13-8-11-15-10-4-3-7-14-12(10)16(11)9-5-6-9/h3-4,7,9,13H,2,5-6,8H2,1H3. The normalized spacial score (nSPS) is 15.8. The van der Waals surface area contributed by atoms with Crippen LogP contribution in [0.15, 0.2) is 18.3 Å². The Hall–Kier alpha value is -1.42. The summed E-state index contributed by atoms with van der Waals surface area (Å²) < 4.78 is 2.30. The molecule has 2 aromatic heterocycles. The lowest BCUT2D eigenvalue weighted by Gasteiger charge is -2.06. The molecule has 1 fully saturated rings. The maximum absolute atomic E-state index is 4.65. The maximum atomic E-state index is 4.65. The molecule has 0 radical (unpaired) electrons. The quantitative estimate of drug-likeness (QED) is 0.848. The Morgan fingerprint density at radius 1 is 1.50 bits per heavy atom. The second kappa shape index (κ2) is 3.87.